The Kier molecular flexibility index (Phi) is 14.3. The molecule has 2 atom stereocenters. The summed E-state index contributed by atoms with van der Waals surface area (Å²) in [5.41, 5.74) is 0. The second kappa shape index (κ2) is 14.4. The van der Waals surface area contributed by atoms with Crippen LogP contribution in [0.2, 0.25) is 0 Å². The van der Waals surface area contributed by atoms with Crippen LogP contribution >= 0.6 is 0 Å². The highest BCUT2D eigenvalue weighted by Crippen LogP contribution is 2.12. The number of unbranched alkanes of at least 4 members (excludes halogenated alkanes) is 8. The molecule has 0 amide bonds. The highest BCUT2D eigenvalue weighted by molar-refractivity contribution is 4.68. The van der Waals surface area contributed by atoms with Gasteiger partial charge in [-0.05, 0) is 32.2 Å². The summed E-state index contributed by atoms with van der Waals surface area (Å²) in [6.07, 6.45) is 15.4. The Labute approximate surface area is 122 Å². The van der Waals surface area contributed by atoms with E-state index in [-0.39, 0.29) is 0 Å². The average Bonchev–Trinajstić information content (AvgIpc) is 2.42. The van der Waals surface area contributed by atoms with Crippen molar-refractivity contribution in [1.29, 1.82) is 0 Å². The zero-order chi connectivity index (χ0) is 14.3. The van der Waals surface area contributed by atoms with Gasteiger partial charge in [0.25, 0.3) is 0 Å². The predicted molar refractivity (Wildman–Crippen MR) is 88.8 cm³/mol. The number of rotatable bonds is 14. The van der Waals surface area contributed by atoms with Crippen LogP contribution < -0.4 is 5.32 Å². The van der Waals surface area contributed by atoms with E-state index in [2.05, 4.69) is 33.0 Å². The first-order chi connectivity index (χ1) is 9.22. The van der Waals surface area contributed by atoms with Crippen LogP contribution in [-0.4, -0.2) is 12.6 Å². The Bertz CT molecular complexity index is 167. The van der Waals surface area contributed by atoms with Gasteiger partial charge in [0, 0.05) is 6.04 Å². The molecule has 0 aliphatic carbocycles. The van der Waals surface area contributed by atoms with Gasteiger partial charge in [0.2, 0.25) is 0 Å². The molecule has 1 heteroatoms. The van der Waals surface area contributed by atoms with Gasteiger partial charge in [0.15, 0.2) is 0 Å². The molecule has 0 aromatic rings. The molecule has 0 heterocycles. The van der Waals surface area contributed by atoms with Crippen molar-refractivity contribution in [2.24, 2.45) is 5.92 Å². The SMILES string of the molecule is CCCCCCCCCCNC(C)C(C)CCCC. The van der Waals surface area contributed by atoms with E-state index in [0.29, 0.717) is 6.04 Å². The summed E-state index contributed by atoms with van der Waals surface area (Å²) >= 11 is 0. The van der Waals surface area contributed by atoms with E-state index in [1.165, 1.54) is 77.2 Å². The van der Waals surface area contributed by atoms with Crippen LogP contribution in [0.15, 0.2) is 0 Å². The largest absolute Gasteiger partial charge is 0.314 e. The van der Waals surface area contributed by atoms with Crippen molar-refractivity contribution >= 4 is 0 Å². The van der Waals surface area contributed by atoms with Gasteiger partial charge in [-0.3, -0.25) is 0 Å². The van der Waals surface area contributed by atoms with Crippen LogP contribution in [0.5, 0.6) is 0 Å². The van der Waals surface area contributed by atoms with Crippen LogP contribution in [0.1, 0.15) is 98.3 Å². The normalized spacial score (nSPS) is 14.5. The predicted octanol–water partition coefficient (Wildman–Crippen LogP) is 5.93. The summed E-state index contributed by atoms with van der Waals surface area (Å²) in [7, 11) is 0. The third-order valence-corrected chi connectivity index (χ3v) is 4.36. The quantitative estimate of drug-likeness (QED) is 0.385. The lowest BCUT2D eigenvalue weighted by Gasteiger charge is -2.21. The second-order valence-corrected chi connectivity index (χ2v) is 6.34. The van der Waals surface area contributed by atoms with E-state index >= 15 is 0 Å². The maximum absolute atomic E-state index is 3.70. The van der Waals surface area contributed by atoms with Crippen molar-refractivity contribution < 1.29 is 0 Å². The van der Waals surface area contributed by atoms with E-state index in [9.17, 15) is 0 Å². The molecule has 0 saturated heterocycles. The van der Waals surface area contributed by atoms with E-state index in [1.54, 1.807) is 0 Å². The average molecular weight is 270 g/mol. The first kappa shape index (κ1) is 19.0. The molecule has 2 unspecified atom stereocenters. The van der Waals surface area contributed by atoms with Crippen LogP contribution in [0, 0.1) is 5.92 Å². The minimum Gasteiger partial charge on any atom is -0.314 e. The monoisotopic (exact) mass is 269 g/mol. The zero-order valence-corrected chi connectivity index (χ0v) is 14.1. The minimum absolute atomic E-state index is 0.691. The van der Waals surface area contributed by atoms with Gasteiger partial charge in [-0.2, -0.15) is 0 Å². The molecule has 0 aromatic heterocycles. The summed E-state index contributed by atoms with van der Waals surface area (Å²) in [6.45, 7) is 10.5. The van der Waals surface area contributed by atoms with Gasteiger partial charge in [-0.25, -0.2) is 0 Å². The molecule has 0 aliphatic heterocycles. The molecule has 0 fully saturated rings. The van der Waals surface area contributed by atoms with Gasteiger partial charge in [-0.1, -0.05) is 78.6 Å². The Hall–Kier alpha value is -0.0400. The molecule has 0 aliphatic rings. The highest BCUT2D eigenvalue weighted by Gasteiger charge is 2.10. The number of nitrogens with one attached hydrogen (secondary N) is 1. The van der Waals surface area contributed by atoms with E-state index in [4.69, 9.17) is 0 Å². The van der Waals surface area contributed by atoms with Crippen LogP contribution in [0.3, 0.4) is 0 Å². The topological polar surface area (TPSA) is 12.0 Å². The Morgan fingerprint density at radius 1 is 0.684 bits per heavy atom. The maximum atomic E-state index is 3.70. The van der Waals surface area contributed by atoms with Gasteiger partial charge < -0.3 is 5.32 Å². The van der Waals surface area contributed by atoms with E-state index < -0.39 is 0 Å². The molecule has 1 nitrogen and oxygen atoms in total. The fourth-order valence-electron chi connectivity index (χ4n) is 2.57. The first-order valence-corrected chi connectivity index (χ1v) is 8.95. The third kappa shape index (κ3) is 12.7. The van der Waals surface area contributed by atoms with Crippen LogP contribution in [0.4, 0.5) is 0 Å². The van der Waals surface area contributed by atoms with E-state index in [1.807, 2.05) is 0 Å². The summed E-state index contributed by atoms with van der Waals surface area (Å²) < 4.78 is 0. The Balaban J connectivity index is 3.24. The molecule has 0 rings (SSSR count). The fraction of sp³-hybridized carbons (Fsp3) is 1.00. The lowest BCUT2D eigenvalue weighted by molar-refractivity contribution is 0.366. The van der Waals surface area contributed by atoms with Crippen molar-refractivity contribution in [3.8, 4) is 0 Å². The smallest absolute Gasteiger partial charge is 0.00643 e. The van der Waals surface area contributed by atoms with Crippen molar-refractivity contribution in [1.82, 2.24) is 5.32 Å². The molecular formula is C18H39N. The van der Waals surface area contributed by atoms with Gasteiger partial charge in [0.05, 0.1) is 0 Å². The molecule has 1 N–H and O–H groups in total. The van der Waals surface area contributed by atoms with E-state index in [0.717, 1.165) is 5.92 Å². The Morgan fingerprint density at radius 2 is 1.21 bits per heavy atom. The first-order valence-electron chi connectivity index (χ1n) is 8.95. The molecule has 116 valence electrons. The van der Waals surface area contributed by atoms with Crippen LogP contribution in [0.25, 0.3) is 0 Å². The summed E-state index contributed by atoms with van der Waals surface area (Å²) in [6, 6.07) is 0.691. The standard InChI is InChI=1S/C18H39N/c1-5-7-9-10-11-12-13-14-16-19-18(4)17(3)15-8-6-2/h17-19H,5-16H2,1-4H3. The molecular weight excluding hydrogens is 230 g/mol. The van der Waals surface area contributed by atoms with Crippen molar-refractivity contribution in [3.63, 3.8) is 0 Å². The number of hydrogen-bond acceptors (Lipinski definition) is 1. The lowest BCUT2D eigenvalue weighted by Crippen LogP contribution is -2.32. The van der Waals surface area contributed by atoms with Crippen molar-refractivity contribution in [2.45, 2.75) is 104 Å². The summed E-state index contributed by atoms with van der Waals surface area (Å²) in [5, 5.41) is 3.70. The molecule has 0 bridgehead atoms. The zero-order valence-electron chi connectivity index (χ0n) is 14.1. The molecule has 0 saturated carbocycles. The summed E-state index contributed by atoms with van der Waals surface area (Å²) in [5.74, 6) is 0.828. The van der Waals surface area contributed by atoms with Crippen molar-refractivity contribution in [2.75, 3.05) is 6.54 Å². The Morgan fingerprint density at radius 3 is 1.79 bits per heavy atom. The molecule has 0 aromatic carbocycles. The molecule has 0 radical (unpaired) electrons. The molecule has 19 heavy (non-hydrogen) atoms. The fourth-order valence-corrected chi connectivity index (χ4v) is 2.57. The molecule has 0 spiro atoms. The second-order valence-electron chi connectivity index (χ2n) is 6.34. The van der Waals surface area contributed by atoms with Gasteiger partial charge in [-0.15, -0.1) is 0 Å². The van der Waals surface area contributed by atoms with Gasteiger partial charge >= 0.3 is 0 Å². The number of hydrogen-bond donors (Lipinski definition) is 1. The third-order valence-electron chi connectivity index (χ3n) is 4.36. The van der Waals surface area contributed by atoms with Crippen LogP contribution in [-0.2, 0) is 0 Å². The van der Waals surface area contributed by atoms with Gasteiger partial charge in [0.1, 0.15) is 0 Å². The highest BCUT2D eigenvalue weighted by atomic mass is 14.9. The van der Waals surface area contributed by atoms with Crippen molar-refractivity contribution in [3.05, 3.63) is 0 Å². The lowest BCUT2D eigenvalue weighted by atomic mass is 9.97. The maximum Gasteiger partial charge on any atom is 0.00643 e. The summed E-state index contributed by atoms with van der Waals surface area (Å²) in [4.78, 5) is 0. The minimum atomic E-state index is 0.691.